The molecule has 19 N–H and O–H groups in total. The second kappa shape index (κ2) is 26.4. The van der Waals surface area contributed by atoms with Crippen molar-refractivity contribution in [1.29, 1.82) is 0 Å². The van der Waals surface area contributed by atoms with Gasteiger partial charge >= 0.3 is 17.9 Å². The maximum absolute atomic E-state index is 12.9. The number of aliphatic carboxylic acids is 1. The summed E-state index contributed by atoms with van der Waals surface area (Å²) in [5, 5.41) is 190. The lowest BCUT2D eigenvalue weighted by atomic mass is 9.98. The fourth-order valence-corrected chi connectivity index (χ4v) is 9.10. The van der Waals surface area contributed by atoms with Crippen molar-refractivity contribution in [1.82, 2.24) is 0 Å². The van der Waals surface area contributed by atoms with Crippen LogP contribution in [-0.2, 0) is 47.5 Å². The predicted octanol–water partition coefficient (Wildman–Crippen LogP) is -6.22. The van der Waals surface area contributed by atoms with Gasteiger partial charge in [-0.3, -0.25) is 9.59 Å². The standard InChI is InChI=1S/C51H60O32/c52-13-27-35(61)39(65)43(69)48(80-27)75-20-4-1-17(2-5-20)3-6-32(58)73-15-29-37(63)41(67)45(71)50(82-29)78-25-8-18(7-24(34(25)60)77-49-44(70)40(66)36(62)28(14-53)81-49)47-26(11-21-22(55)9-19(54)10-23(21)76-47)79-51-46(72)42(68)38(64)30(83-51)16-74-33(59)12-31(56)57/h1-11,27-30,35-55,60-72H,12-16H2,(H,56,57)/p+1. The average molecular weight is 1190 g/mol. The number of rotatable bonds is 19. The van der Waals surface area contributed by atoms with E-state index in [-0.39, 0.29) is 22.6 Å². The van der Waals surface area contributed by atoms with Gasteiger partial charge in [0.15, 0.2) is 17.3 Å². The molecule has 0 aliphatic carbocycles. The van der Waals surface area contributed by atoms with Crippen molar-refractivity contribution in [2.75, 3.05) is 26.4 Å². The normalized spacial score (nSPS) is 35.3. The fourth-order valence-electron chi connectivity index (χ4n) is 9.10. The van der Waals surface area contributed by atoms with Crippen LogP contribution in [-0.4, -0.2) is 264 Å². The highest BCUT2D eigenvalue weighted by Gasteiger charge is 2.51. The van der Waals surface area contributed by atoms with E-state index in [1.807, 2.05) is 0 Å². The van der Waals surface area contributed by atoms with Crippen molar-refractivity contribution in [3.05, 3.63) is 77.1 Å². The molecule has 0 spiro atoms. The molecule has 5 aliphatic rings. The smallest absolute Gasteiger partial charge is 0.330 e. The summed E-state index contributed by atoms with van der Waals surface area (Å²) in [5.74, 6) is -8.00. The molecule has 4 fully saturated rings. The van der Waals surface area contributed by atoms with E-state index in [9.17, 15) is 101 Å². The van der Waals surface area contributed by atoms with Gasteiger partial charge in [0, 0.05) is 18.2 Å². The molecule has 0 amide bonds. The third-order valence-electron chi connectivity index (χ3n) is 13.7. The molecule has 0 aromatic heterocycles. The third-order valence-corrected chi connectivity index (χ3v) is 13.7. The lowest BCUT2D eigenvalue weighted by Crippen LogP contribution is -2.60. The second-order valence-electron chi connectivity index (χ2n) is 19.5. The number of aliphatic hydroxyl groups is 15. The first kappa shape index (κ1) is 62.3. The molecule has 0 radical (unpaired) electrons. The average Bonchev–Trinajstić information content (AvgIpc) is 3.64. The van der Waals surface area contributed by atoms with E-state index in [1.165, 1.54) is 30.3 Å². The molecule has 5 aliphatic heterocycles. The predicted molar refractivity (Wildman–Crippen MR) is 264 cm³/mol. The Labute approximate surface area is 466 Å². The lowest BCUT2D eigenvalue weighted by molar-refractivity contribution is -0.296. The molecule has 32 heteroatoms. The van der Waals surface area contributed by atoms with Crippen molar-refractivity contribution in [2.45, 2.75) is 135 Å². The van der Waals surface area contributed by atoms with Gasteiger partial charge in [0.25, 0.3) is 11.9 Å². The topological polar surface area (TPSA) is 520 Å². The van der Waals surface area contributed by atoms with Crippen LogP contribution in [0.1, 0.15) is 29.2 Å². The molecule has 3 aromatic rings. The number of benzene rings is 3. The number of carbonyl (C=O) groups is 3. The first-order valence-corrected chi connectivity index (χ1v) is 25.2. The first-order chi connectivity index (χ1) is 39.4. The summed E-state index contributed by atoms with van der Waals surface area (Å²) >= 11 is 0. The Morgan fingerprint density at radius 2 is 1.00 bits per heavy atom. The van der Waals surface area contributed by atoms with Gasteiger partial charge in [-0.05, 0) is 35.9 Å². The molecule has 3 aromatic carbocycles. The van der Waals surface area contributed by atoms with Crippen molar-refractivity contribution in [3.8, 4) is 40.2 Å². The van der Waals surface area contributed by atoms with Gasteiger partial charge in [-0.1, -0.05) is 12.1 Å². The summed E-state index contributed by atoms with van der Waals surface area (Å²) in [4.78, 5) is 36.0. The summed E-state index contributed by atoms with van der Waals surface area (Å²) in [6.45, 7) is -3.31. The number of carboxylic acid groups (broad SMARTS) is 1. The second-order valence-corrected chi connectivity index (χ2v) is 19.5. The number of esters is 2. The summed E-state index contributed by atoms with van der Waals surface area (Å²) in [6, 6.07) is 9.69. The highest BCUT2D eigenvalue weighted by Crippen LogP contribution is 2.49. The molecule has 456 valence electrons. The van der Waals surface area contributed by atoms with Crippen molar-refractivity contribution in [3.63, 3.8) is 0 Å². The van der Waals surface area contributed by atoms with E-state index in [0.717, 1.165) is 36.4 Å². The van der Waals surface area contributed by atoms with E-state index in [0.29, 0.717) is 5.56 Å². The molecular formula is C51H61O32+. The molecular weight excluding hydrogens is 1120 g/mol. The van der Waals surface area contributed by atoms with Crippen LogP contribution in [0.4, 0.5) is 0 Å². The molecule has 21 unspecified atom stereocenters. The van der Waals surface area contributed by atoms with Crippen LogP contribution in [0.2, 0.25) is 0 Å². The zero-order chi connectivity index (χ0) is 60.3. The van der Waals surface area contributed by atoms with Crippen molar-refractivity contribution < 1.29 is 158 Å². The monoisotopic (exact) mass is 1190 g/mol. The molecule has 0 saturated carbocycles. The molecule has 0 bridgehead atoms. The van der Waals surface area contributed by atoms with Crippen LogP contribution in [0.25, 0.3) is 12.2 Å². The summed E-state index contributed by atoms with van der Waals surface area (Å²) < 4.78 is 60.3. The van der Waals surface area contributed by atoms with E-state index >= 15 is 0 Å². The van der Waals surface area contributed by atoms with Gasteiger partial charge in [-0.2, -0.15) is 0 Å². The van der Waals surface area contributed by atoms with E-state index < -0.39 is 214 Å². The van der Waals surface area contributed by atoms with Crippen LogP contribution >= 0.6 is 0 Å². The zero-order valence-corrected chi connectivity index (χ0v) is 42.8. The maximum Gasteiger partial charge on any atom is 0.330 e. The minimum absolute atomic E-state index is 0.116. The number of hydrogen-bond donors (Lipinski definition) is 18. The van der Waals surface area contributed by atoms with Crippen LogP contribution in [0.5, 0.6) is 40.2 Å². The Hall–Kier alpha value is -6.77. The zero-order valence-electron chi connectivity index (χ0n) is 42.8. The Balaban J connectivity index is 1.05. The Morgan fingerprint density at radius 3 is 1.49 bits per heavy atom. The molecule has 83 heavy (non-hydrogen) atoms. The van der Waals surface area contributed by atoms with Crippen LogP contribution < -0.4 is 14.2 Å². The van der Waals surface area contributed by atoms with E-state index in [2.05, 4.69) is 4.74 Å². The van der Waals surface area contributed by atoms with Crippen LogP contribution in [0, 0.1) is 0 Å². The quantitative estimate of drug-likeness (QED) is 0.0230. The molecule has 4 saturated heterocycles. The first-order valence-electron chi connectivity index (χ1n) is 25.2. The number of phenolic OH excluding ortho intramolecular Hbond substituents is 3. The van der Waals surface area contributed by atoms with Crippen molar-refractivity contribution >= 4 is 30.1 Å². The largest absolute Gasteiger partial charge is 0.571 e. The number of aromatic hydroxyl groups is 4. The maximum atomic E-state index is 12.9. The van der Waals surface area contributed by atoms with Crippen molar-refractivity contribution in [2.24, 2.45) is 0 Å². The number of hydrogen-bond acceptors (Lipinski definition) is 30. The number of phenols is 3. The Bertz CT molecular complexity index is 2810. The van der Waals surface area contributed by atoms with Crippen LogP contribution in [0.3, 0.4) is 0 Å². The van der Waals surface area contributed by atoms with Gasteiger partial charge in [-0.15, -0.1) is 0 Å². The summed E-state index contributed by atoms with van der Waals surface area (Å²) in [7, 11) is 0. The molecule has 21 atom stereocenters. The SMILES string of the molecule is O=C(O)CC(=O)OCC1OC(OC2=Cc3c(O)cc(O)cc3[OH+]C2c2cc(OC3OC(CO)C(O)C(O)C3O)c(O)c(OC3OC(COC(=O)C=Cc4ccc(OC5OC(CO)C(O)C(O)C5O)cc4)C(O)C(O)C3O)c2)C(O)C(O)C1O. The third kappa shape index (κ3) is 13.9. The molecule has 32 nitrogen and oxygen atoms in total. The number of aliphatic hydroxyl groups excluding tert-OH is 14. The molecule has 5 heterocycles. The number of carboxylic acids is 1. The Morgan fingerprint density at radius 1 is 0.542 bits per heavy atom. The van der Waals surface area contributed by atoms with Gasteiger partial charge < -0.3 is 144 Å². The number of fused-ring (bicyclic) bond motifs is 1. The van der Waals surface area contributed by atoms with Gasteiger partial charge in [0.2, 0.25) is 30.9 Å². The van der Waals surface area contributed by atoms with Gasteiger partial charge in [0.1, 0.15) is 140 Å². The Kier molecular flexibility index (Phi) is 19.8. The number of carbonyl (C=O) groups excluding carboxylic acids is 2. The van der Waals surface area contributed by atoms with Gasteiger partial charge in [-0.25, -0.2) is 4.79 Å². The van der Waals surface area contributed by atoms with Gasteiger partial charge in [0.05, 0.1) is 24.8 Å². The fraction of sp³-hybridized carbons (Fsp3) is 0.510. The number of ether oxygens (including phenoxy) is 11. The summed E-state index contributed by atoms with van der Waals surface area (Å²) in [6.07, 6.45) is -36.7. The highest BCUT2D eigenvalue weighted by molar-refractivity contribution is 5.90. The van der Waals surface area contributed by atoms with E-state index in [1.54, 1.807) is 0 Å². The highest BCUT2D eigenvalue weighted by atomic mass is 16.7. The molecule has 8 rings (SSSR count). The summed E-state index contributed by atoms with van der Waals surface area (Å²) in [5.41, 5.74) is -0.00169. The van der Waals surface area contributed by atoms with E-state index in [4.69, 9.17) is 52.5 Å². The minimum Gasteiger partial charge on any atom is -0.571 e. The van der Waals surface area contributed by atoms with Crippen LogP contribution in [0.15, 0.2) is 60.4 Å². The lowest BCUT2D eigenvalue weighted by Gasteiger charge is -2.41. The minimum atomic E-state index is -2.18.